The number of Topliss-reactive ketones (excluding diaryl/α,β-unsaturated/α-hetero) is 1. The summed E-state index contributed by atoms with van der Waals surface area (Å²) in [5.74, 6) is 0.723. The number of benzene rings is 3. The van der Waals surface area contributed by atoms with Crippen molar-refractivity contribution in [2.24, 2.45) is 0 Å². The second-order valence-corrected chi connectivity index (χ2v) is 8.51. The van der Waals surface area contributed by atoms with Crippen molar-refractivity contribution < 1.29 is 14.6 Å². The number of fused-ring (bicyclic) bond motifs is 1. The summed E-state index contributed by atoms with van der Waals surface area (Å²) in [5.41, 5.74) is 6.84. The number of aryl methyl sites for hydroxylation is 1. The number of ketones is 1. The van der Waals surface area contributed by atoms with Gasteiger partial charge in [-0.3, -0.25) is 4.79 Å². The molecule has 1 heterocycles. The molecule has 3 aromatic rings. The molecular formula is C27H26N2O3. The van der Waals surface area contributed by atoms with Crippen LogP contribution in [-0.4, -0.2) is 18.0 Å². The molecule has 0 amide bonds. The van der Waals surface area contributed by atoms with E-state index in [0.717, 1.165) is 34.6 Å². The third-order valence-corrected chi connectivity index (χ3v) is 6.39. The third-order valence-electron chi connectivity index (χ3n) is 6.39. The van der Waals surface area contributed by atoms with E-state index in [0.29, 0.717) is 12.2 Å². The molecule has 1 aliphatic heterocycles. The normalized spacial score (nSPS) is 19.9. The minimum Gasteiger partial charge on any atom is -0.504 e. The number of carbonyl (C=O) groups is 1. The predicted molar refractivity (Wildman–Crippen MR) is 126 cm³/mol. The van der Waals surface area contributed by atoms with Gasteiger partial charge in [0.1, 0.15) is 0 Å². The summed E-state index contributed by atoms with van der Waals surface area (Å²) in [6.07, 6.45) is 1.22. The Kier molecular flexibility index (Phi) is 5.10. The van der Waals surface area contributed by atoms with Crippen molar-refractivity contribution in [3.63, 3.8) is 0 Å². The van der Waals surface area contributed by atoms with E-state index in [1.165, 1.54) is 18.2 Å². The van der Waals surface area contributed by atoms with Gasteiger partial charge in [0.2, 0.25) is 0 Å². The number of para-hydroxylation sites is 2. The van der Waals surface area contributed by atoms with Crippen LogP contribution in [0, 0.1) is 6.92 Å². The number of carbonyl (C=O) groups excluding carboxylic acids is 1. The number of phenolic OH excluding ortho intramolecular Hbond substituents is 1. The third kappa shape index (κ3) is 3.60. The fourth-order valence-electron chi connectivity index (χ4n) is 4.69. The first-order valence-electron chi connectivity index (χ1n) is 10.9. The first kappa shape index (κ1) is 20.2. The Balaban J connectivity index is 1.61. The van der Waals surface area contributed by atoms with Crippen molar-refractivity contribution in [2.75, 3.05) is 17.7 Å². The van der Waals surface area contributed by atoms with Gasteiger partial charge in [0.05, 0.1) is 24.5 Å². The largest absolute Gasteiger partial charge is 0.504 e. The van der Waals surface area contributed by atoms with Crippen LogP contribution in [0.3, 0.4) is 0 Å². The summed E-state index contributed by atoms with van der Waals surface area (Å²) in [6, 6.07) is 21.4. The number of rotatable bonds is 3. The van der Waals surface area contributed by atoms with Crippen LogP contribution in [0.5, 0.6) is 11.5 Å². The highest BCUT2D eigenvalue weighted by Crippen LogP contribution is 2.45. The molecular weight excluding hydrogens is 400 g/mol. The molecule has 32 heavy (non-hydrogen) atoms. The smallest absolute Gasteiger partial charge is 0.163 e. The van der Waals surface area contributed by atoms with Crippen LogP contribution >= 0.6 is 0 Å². The Morgan fingerprint density at radius 1 is 0.938 bits per heavy atom. The standard InChI is InChI=1S/C27H26N2O3/c1-16-7-9-17(10-8-16)19-13-22-26(24(31)14-19)27(18-11-12-23(30)25(15-18)32-2)29-21-6-4-3-5-20(21)28-22/h3-12,15,19,27-30H,13-14H2,1-2H3. The lowest BCUT2D eigenvalue weighted by atomic mass is 9.78. The van der Waals surface area contributed by atoms with Gasteiger partial charge in [-0.1, -0.05) is 48.0 Å². The van der Waals surface area contributed by atoms with Crippen LogP contribution < -0.4 is 15.4 Å². The lowest BCUT2D eigenvalue weighted by Crippen LogP contribution is -2.26. The maximum atomic E-state index is 13.6. The summed E-state index contributed by atoms with van der Waals surface area (Å²) in [6.45, 7) is 2.07. The Labute approximate surface area is 187 Å². The molecule has 5 rings (SSSR count). The van der Waals surface area contributed by atoms with Gasteiger partial charge in [0.25, 0.3) is 0 Å². The number of allylic oxidation sites excluding steroid dienone is 1. The molecule has 0 saturated carbocycles. The van der Waals surface area contributed by atoms with Gasteiger partial charge < -0.3 is 20.5 Å². The second-order valence-electron chi connectivity index (χ2n) is 8.51. The van der Waals surface area contributed by atoms with Gasteiger partial charge in [0, 0.05) is 17.7 Å². The van der Waals surface area contributed by atoms with Crippen LogP contribution in [0.1, 0.15) is 41.5 Å². The number of hydrogen-bond acceptors (Lipinski definition) is 5. The van der Waals surface area contributed by atoms with Gasteiger partial charge in [0.15, 0.2) is 17.3 Å². The molecule has 1 aliphatic carbocycles. The van der Waals surface area contributed by atoms with E-state index < -0.39 is 0 Å². The maximum Gasteiger partial charge on any atom is 0.163 e. The van der Waals surface area contributed by atoms with Gasteiger partial charge in [-0.05, 0) is 54.7 Å². The zero-order valence-electron chi connectivity index (χ0n) is 18.2. The minimum absolute atomic E-state index is 0.0759. The maximum absolute atomic E-state index is 13.6. The van der Waals surface area contributed by atoms with Gasteiger partial charge in [-0.15, -0.1) is 0 Å². The Hall–Kier alpha value is -3.73. The average Bonchev–Trinajstić information content (AvgIpc) is 2.97. The topological polar surface area (TPSA) is 70.6 Å². The first-order chi connectivity index (χ1) is 15.5. The van der Waals surface area contributed by atoms with E-state index in [2.05, 4.69) is 41.8 Å². The highest BCUT2D eigenvalue weighted by Gasteiger charge is 2.36. The van der Waals surface area contributed by atoms with E-state index >= 15 is 0 Å². The lowest BCUT2D eigenvalue weighted by molar-refractivity contribution is -0.116. The van der Waals surface area contributed by atoms with Gasteiger partial charge in [-0.25, -0.2) is 0 Å². The van der Waals surface area contributed by atoms with Crippen LogP contribution in [0.2, 0.25) is 0 Å². The number of phenols is 1. The molecule has 0 radical (unpaired) electrons. The Morgan fingerprint density at radius 3 is 2.41 bits per heavy atom. The van der Waals surface area contributed by atoms with E-state index in [9.17, 15) is 9.90 Å². The predicted octanol–water partition coefficient (Wildman–Crippen LogP) is 5.69. The second kappa shape index (κ2) is 8.08. The molecule has 162 valence electrons. The van der Waals surface area contributed by atoms with E-state index in [-0.39, 0.29) is 23.5 Å². The van der Waals surface area contributed by atoms with E-state index in [4.69, 9.17) is 4.74 Å². The number of ether oxygens (including phenoxy) is 1. The van der Waals surface area contributed by atoms with Crippen molar-refractivity contribution in [3.8, 4) is 11.5 Å². The highest BCUT2D eigenvalue weighted by atomic mass is 16.5. The Bertz CT molecular complexity index is 1210. The summed E-state index contributed by atoms with van der Waals surface area (Å²) in [5, 5.41) is 17.2. The molecule has 2 atom stereocenters. The van der Waals surface area contributed by atoms with Crippen LogP contribution in [-0.2, 0) is 4.79 Å². The number of nitrogens with one attached hydrogen (secondary N) is 2. The molecule has 3 N–H and O–H groups in total. The van der Waals surface area contributed by atoms with Crippen molar-refractivity contribution in [1.82, 2.24) is 0 Å². The summed E-state index contributed by atoms with van der Waals surface area (Å²) >= 11 is 0. The first-order valence-corrected chi connectivity index (χ1v) is 10.9. The van der Waals surface area contributed by atoms with E-state index in [1.807, 2.05) is 30.3 Å². The fourth-order valence-corrected chi connectivity index (χ4v) is 4.69. The molecule has 0 aromatic heterocycles. The van der Waals surface area contributed by atoms with Gasteiger partial charge >= 0.3 is 0 Å². The summed E-state index contributed by atoms with van der Waals surface area (Å²) < 4.78 is 5.33. The SMILES string of the molecule is COc1cc(C2Nc3ccccc3NC3=C2C(=O)CC(c2ccc(C)cc2)C3)ccc1O. The molecule has 0 spiro atoms. The molecule has 5 nitrogen and oxygen atoms in total. The zero-order chi connectivity index (χ0) is 22.2. The van der Waals surface area contributed by atoms with Crippen LogP contribution in [0.4, 0.5) is 11.4 Å². The fraction of sp³-hybridized carbons (Fsp3) is 0.222. The van der Waals surface area contributed by atoms with Crippen LogP contribution in [0.15, 0.2) is 78.0 Å². The molecule has 2 aliphatic rings. The van der Waals surface area contributed by atoms with Crippen LogP contribution in [0.25, 0.3) is 0 Å². The Morgan fingerprint density at radius 2 is 1.66 bits per heavy atom. The molecule has 0 saturated heterocycles. The van der Waals surface area contributed by atoms with Crippen molar-refractivity contribution in [3.05, 3.63) is 94.7 Å². The zero-order valence-corrected chi connectivity index (χ0v) is 18.2. The molecule has 0 bridgehead atoms. The lowest BCUT2D eigenvalue weighted by Gasteiger charge is -2.30. The number of hydrogen-bond donors (Lipinski definition) is 3. The average molecular weight is 427 g/mol. The molecule has 0 fully saturated rings. The van der Waals surface area contributed by atoms with Crippen molar-refractivity contribution in [2.45, 2.75) is 31.7 Å². The van der Waals surface area contributed by atoms with Crippen molar-refractivity contribution >= 4 is 17.2 Å². The number of anilines is 2. The molecule has 3 aromatic carbocycles. The molecule has 2 unspecified atom stereocenters. The minimum atomic E-state index is -0.345. The van der Waals surface area contributed by atoms with Gasteiger partial charge in [-0.2, -0.15) is 0 Å². The van der Waals surface area contributed by atoms with E-state index in [1.54, 1.807) is 12.1 Å². The molecule has 5 heteroatoms. The number of methoxy groups -OCH3 is 1. The highest BCUT2D eigenvalue weighted by molar-refractivity contribution is 6.01. The number of aromatic hydroxyl groups is 1. The summed E-state index contributed by atoms with van der Waals surface area (Å²) in [7, 11) is 1.53. The quantitative estimate of drug-likeness (QED) is 0.502. The van der Waals surface area contributed by atoms with Crippen molar-refractivity contribution in [1.29, 1.82) is 0 Å². The monoisotopic (exact) mass is 426 g/mol. The summed E-state index contributed by atoms with van der Waals surface area (Å²) in [4.78, 5) is 13.6.